The van der Waals surface area contributed by atoms with E-state index in [0.717, 1.165) is 18.7 Å². The first-order chi connectivity index (χ1) is 8.20. The average Bonchev–Trinajstić information content (AvgIpc) is 2.34. The van der Waals surface area contributed by atoms with Gasteiger partial charge in [-0.2, -0.15) is 0 Å². The monoisotopic (exact) mass is 235 g/mol. The molecule has 1 aromatic heterocycles. The summed E-state index contributed by atoms with van der Waals surface area (Å²) in [7, 11) is 3.84. The summed E-state index contributed by atoms with van der Waals surface area (Å²) in [6, 6.07) is 5.10. The molecule has 2 unspecified atom stereocenters. The number of anilines is 1. The van der Waals surface area contributed by atoms with Crippen molar-refractivity contribution in [3.8, 4) is 5.88 Å². The Morgan fingerprint density at radius 3 is 3.06 bits per heavy atom. The van der Waals surface area contributed by atoms with E-state index in [2.05, 4.69) is 29.2 Å². The topological polar surface area (TPSA) is 37.4 Å². The molecule has 1 aliphatic rings. The average molecular weight is 235 g/mol. The summed E-state index contributed by atoms with van der Waals surface area (Å²) in [4.78, 5) is 6.60. The minimum absolute atomic E-state index is 0.513. The summed E-state index contributed by atoms with van der Waals surface area (Å²) >= 11 is 0. The molecule has 0 bridgehead atoms. The number of pyridine rings is 1. The van der Waals surface area contributed by atoms with E-state index in [4.69, 9.17) is 4.74 Å². The van der Waals surface area contributed by atoms with Gasteiger partial charge in [0, 0.05) is 24.8 Å². The molecule has 0 radical (unpaired) electrons. The van der Waals surface area contributed by atoms with Gasteiger partial charge in [0.2, 0.25) is 5.88 Å². The van der Waals surface area contributed by atoms with Crippen LogP contribution in [0.15, 0.2) is 18.3 Å². The molecule has 1 N–H and O–H groups in total. The molecule has 2 heterocycles. The summed E-state index contributed by atoms with van der Waals surface area (Å²) in [6.07, 6.45) is 4.08. The Labute approximate surface area is 103 Å². The first-order valence-electron chi connectivity index (χ1n) is 6.16. The van der Waals surface area contributed by atoms with Gasteiger partial charge in [-0.05, 0) is 38.9 Å². The van der Waals surface area contributed by atoms with E-state index in [0.29, 0.717) is 18.0 Å². The molecule has 0 aromatic carbocycles. The molecule has 1 saturated heterocycles. The van der Waals surface area contributed by atoms with Gasteiger partial charge in [-0.15, -0.1) is 0 Å². The van der Waals surface area contributed by atoms with E-state index in [1.165, 1.54) is 6.42 Å². The van der Waals surface area contributed by atoms with Crippen LogP contribution >= 0.6 is 0 Å². The van der Waals surface area contributed by atoms with Crippen LogP contribution in [0.5, 0.6) is 5.88 Å². The minimum atomic E-state index is 0.513. The van der Waals surface area contributed by atoms with Gasteiger partial charge >= 0.3 is 0 Å². The number of hydrogen-bond donors (Lipinski definition) is 1. The van der Waals surface area contributed by atoms with E-state index in [9.17, 15) is 0 Å². The summed E-state index contributed by atoms with van der Waals surface area (Å²) in [5.74, 6) is 0.680. The Morgan fingerprint density at radius 1 is 1.53 bits per heavy atom. The van der Waals surface area contributed by atoms with Gasteiger partial charge in [0.15, 0.2) is 0 Å². The lowest BCUT2D eigenvalue weighted by molar-refractivity contribution is 0.190. The number of aromatic nitrogens is 1. The molecule has 4 heteroatoms. The van der Waals surface area contributed by atoms with Crippen LogP contribution < -0.4 is 10.1 Å². The zero-order valence-electron chi connectivity index (χ0n) is 10.8. The summed E-state index contributed by atoms with van der Waals surface area (Å²) in [5, 5.41) is 3.54. The Morgan fingerprint density at radius 2 is 2.35 bits per heavy atom. The number of nitrogens with one attached hydrogen (secondary N) is 1. The van der Waals surface area contributed by atoms with Crippen molar-refractivity contribution in [2.75, 3.05) is 26.0 Å². The van der Waals surface area contributed by atoms with Crippen LogP contribution in [-0.2, 0) is 0 Å². The van der Waals surface area contributed by atoms with Gasteiger partial charge in [-0.1, -0.05) is 0 Å². The van der Waals surface area contributed by atoms with Gasteiger partial charge in [0.25, 0.3) is 0 Å². The number of nitrogens with zero attached hydrogens (tertiary/aromatic N) is 2. The van der Waals surface area contributed by atoms with Crippen molar-refractivity contribution in [2.45, 2.75) is 31.8 Å². The zero-order chi connectivity index (χ0) is 12.3. The number of hydrogen-bond acceptors (Lipinski definition) is 4. The number of piperidine rings is 1. The van der Waals surface area contributed by atoms with Crippen molar-refractivity contribution in [2.24, 2.45) is 0 Å². The molecule has 1 fully saturated rings. The Balaban J connectivity index is 2.01. The van der Waals surface area contributed by atoms with Crippen LogP contribution in [0.2, 0.25) is 0 Å². The molecule has 0 amide bonds. The number of ether oxygens (including phenoxy) is 1. The standard InChI is InChI=1S/C13H21N3O/c1-10-9-11(6-8-16(10)2)15-12-5-4-7-14-13(12)17-3/h4-5,7,10-11,15H,6,8-9H2,1-3H3. The lowest BCUT2D eigenvalue weighted by Gasteiger charge is -2.35. The number of methoxy groups -OCH3 is 1. The molecular formula is C13H21N3O. The van der Waals surface area contributed by atoms with Gasteiger partial charge in [0.05, 0.1) is 12.8 Å². The first-order valence-corrected chi connectivity index (χ1v) is 6.16. The first kappa shape index (κ1) is 12.2. The molecule has 94 valence electrons. The Hall–Kier alpha value is -1.29. The van der Waals surface area contributed by atoms with Gasteiger partial charge in [-0.3, -0.25) is 0 Å². The predicted molar refractivity (Wildman–Crippen MR) is 69.5 cm³/mol. The van der Waals surface area contributed by atoms with Crippen LogP contribution in [-0.4, -0.2) is 42.7 Å². The normalized spacial score (nSPS) is 25.6. The lowest BCUT2D eigenvalue weighted by Crippen LogP contribution is -2.42. The smallest absolute Gasteiger partial charge is 0.237 e. The molecule has 17 heavy (non-hydrogen) atoms. The van der Waals surface area contributed by atoms with Gasteiger partial charge < -0.3 is 15.0 Å². The second-order valence-electron chi connectivity index (χ2n) is 4.76. The predicted octanol–water partition coefficient (Wildman–Crippen LogP) is 1.98. The minimum Gasteiger partial charge on any atom is -0.480 e. The fourth-order valence-corrected chi connectivity index (χ4v) is 2.30. The van der Waals surface area contributed by atoms with E-state index >= 15 is 0 Å². The van der Waals surface area contributed by atoms with Crippen molar-refractivity contribution in [1.29, 1.82) is 0 Å². The molecular weight excluding hydrogens is 214 g/mol. The highest BCUT2D eigenvalue weighted by atomic mass is 16.5. The lowest BCUT2D eigenvalue weighted by atomic mass is 9.99. The molecule has 1 aliphatic heterocycles. The van der Waals surface area contributed by atoms with Crippen molar-refractivity contribution in [3.63, 3.8) is 0 Å². The maximum absolute atomic E-state index is 5.25. The van der Waals surface area contributed by atoms with E-state index in [-0.39, 0.29) is 0 Å². The molecule has 2 rings (SSSR count). The quantitative estimate of drug-likeness (QED) is 0.869. The summed E-state index contributed by atoms with van der Waals surface area (Å²) < 4.78 is 5.25. The molecule has 0 spiro atoms. The van der Waals surface area contributed by atoms with Crippen molar-refractivity contribution >= 4 is 5.69 Å². The third-order valence-electron chi connectivity index (χ3n) is 3.53. The second kappa shape index (κ2) is 5.36. The molecule has 2 atom stereocenters. The fraction of sp³-hybridized carbons (Fsp3) is 0.615. The molecule has 1 aromatic rings. The highest BCUT2D eigenvalue weighted by molar-refractivity contribution is 5.52. The second-order valence-corrected chi connectivity index (χ2v) is 4.76. The Kier molecular flexibility index (Phi) is 3.84. The maximum atomic E-state index is 5.25. The van der Waals surface area contributed by atoms with Crippen LogP contribution in [0.1, 0.15) is 19.8 Å². The van der Waals surface area contributed by atoms with Gasteiger partial charge in [-0.25, -0.2) is 4.98 Å². The highest BCUT2D eigenvalue weighted by Crippen LogP contribution is 2.25. The van der Waals surface area contributed by atoms with Crippen LogP contribution in [0.25, 0.3) is 0 Å². The van der Waals surface area contributed by atoms with Crippen LogP contribution in [0.4, 0.5) is 5.69 Å². The highest BCUT2D eigenvalue weighted by Gasteiger charge is 2.23. The fourth-order valence-electron chi connectivity index (χ4n) is 2.30. The number of likely N-dealkylation sites (tertiary alicyclic amines) is 1. The SMILES string of the molecule is COc1ncccc1NC1CCN(C)C(C)C1. The molecule has 4 nitrogen and oxygen atoms in total. The molecule has 0 saturated carbocycles. The summed E-state index contributed by atoms with van der Waals surface area (Å²) in [5.41, 5.74) is 0.997. The summed E-state index contributed by atoms with van der Waals surface area (Å²) in [6.45, 7) is 3.41. The Bertz CT molecular complexity index is 369. The number of rotatable bonds is 3. The largest absolute Gasteiger partial charge is 0.480 e. The van der Waals surface area contributed by atoms with E-state index in [1.807, 2.05) is 12.1 Å². The van der Waals surface area contributed by atoms with Crippen LogP contribution in [0.3, 0.4) is 0 Å². The van der Waals surface area contributed by atoms with E-state index < -0.39 is 0 Å². The third kappa shape index (κ3) is 2.88. The van der Waals surface area contributed by atoms with Gasteiger partial charge in [0.1, 0.15) is 0 Å². The maximum Gasteiger partial charge on any atom is 0.237 e. The van der Waals surface area contributed by atoms with Crippen molar-refractivity contribution < 1.29 is 4.74 Å². The van der Waals surface area contributed by atoms with Crippen molar-refractivity contribution in [3.05, 3.63) is 18.3 Å². The zero-order valence-corrected chi connectivity index (χ0v) is 10.8. The third-order valence-corrected chi connectivity index (χ3v) is 3.53. The van der Waals surface area contributed by atoms with Crippen LogP contribution in [0, 0.1) is 0 Å². The molecule has 0 aliphatic carbocycles. The van der Waals surface area contributed by atoms with Crippen molar-refractivity contribution in [1.82, 2.24) is 9.88 Å². The van der Waals surface area contributed by atoms with E-state index in [1.54, 1.807) is 13.3 Å².